The molecule has 0 aromatic carbocycles. The highest BCUT2D eigenvalue weighted by Gasteiger charge is 2.26. The number of esters is 1. The Kier molecular flexibility index (Phi) is 37.5. The first-order valence-electron chi connectivity index (χ1n) is 22.1. The molecule has 8 nitrogen and oxygen atoms in total. The van der Waals surface area contributed by atoms with Crippen molar-refractivity contribution in [3.63, 3.8) is 0 Å². The zero-order chi connectivity index (χ0) is 40.6. The highest BCUT2D eigenvalue weighted by molar-refractivity contribution is 7.47. The number of likely N-dealkylation sites (N-methyl/N-ethyl adjacent to an activating group) is 1. The number of quaternary nitrogens is 1. The molecule has 0 saturated carbocycles. The molecule has 0 aliphatic carbocycles. The van der Waals surface area contributed by atoms with Gasteiger partial charge >= 0.3 is 13.8 Å². The van der Waals surface area contributed by atoms with E-state index >= 15 is 0 Å². The Morgan fingerprint density at radius 2 is 1.05 bits per heavy atom. The van der Waals surface area contributed by atoms with E-state index in [1.807, 2.05) is 27.2 Å². The van der Waals surface area contributed by atoms with E-state index in [1.54, 1.807) is 6.26 Å². The standard InChI is InChI=1S/C46H84NO7P/c1-6-8-10-12-14-16-18-20-22-24-25-27-29-31-33-35-37-39-46(48)54-45(44-53-55(49,50)52-42-40-47(3,4)5)43-51-41-38-36-34-32-30-28-26-23-21-19-17-15-13-11-9-7-2/h10,12,16,18,22,24,27,29,38,41,45H,6-9,11,13-15,17,19-21,23,25-26,28,30-37,39-40,42-44H2,1-5H3/p+1/b12-10+,18-16+,24-22+,29-27+,41-38+/t45-/m1/s1. The molecule has 0 rings (SSSR count). The van der Waals surface area contributed by atoms with Crippen molar-refractivity contribution < 1.29 is 37.3 Å². The predicted octanol–water partition coefficient (Wildman–Crippen LogP) is 13.3. The lowest BCUT2D eigenvalue weighted by molar-refractivity contribution is -0.870. The van der Waals surface area contributed by atoms with Crippen LogP contribution in [0, 0.1) is 0 Å². The van der Waals surface area contributed by atoms with E-state index in [0.29, 0.717) is 17.4 Å². The second kappa shape index (κ2) is 38.9. The minimum atomic E-state index is -4.30. The number of rotatable bonds is 40. The van der Waals surface area contributed by atoms with Gasteiger partial charge < -0.3 is 18.9 Å². The van der Waals surface area contributed by atoms with E-state index in [0.717, 1.165) is 57.8 Å². The summed E-state index contributed by atoms with van der Waals surface area (Å²) in [6, 6.07) is 0. The van der Waals surface area contributed by atoms with Gasteiger partial charge in [0.1, 0.15) is 19.8 Å². The number of ether oxygens (including phenoxy) is 2. The molecule has 9 heteroatoms. The molecule has 0 saturated heterocycles. The van der Waals surface area contributed by atoms with Crippen molar-refractivity contribution in [3.8, 4) is 0 Å². The topological polar surface area (TPSA) is 91.3 Å². The lowest BCUT2D eigenvalue weighted by Gasteiger charge is -2.24. The molecule has 0 bridgehead atoms. The van der Waals surface area contributed by atoms with Crippen LogP contribution < -0.4 is 0 Å². The normalized spacial score (nSPS) is 14.3. The Morgan fingerprint density at radius 3 is 1.58 bits per heavy atom. The smallest absolute Gasteiger partial charge is 0.472 e. The van der Waals surface area contributed by atoms with Gasteiger partial charge in [0.05, 0.1) is 34.0 Å². The molecule has 320 valence electrons. The molecule has 1 N–H and O–H groups in total. The number of hydrogen-bond acceptors (Lipinski definition) is 6. The second-order valence-electron chi connectivity index (χ2n) is 15.8. The molecule has 55 heavy (non-hydrogen) atoms. The summed E-state index contributed by atoms with van der Waals surface area (Å²) in [4.78, 5) is 22.8. The van der Waals surface area contributed by atoms with Crippen LogP contribution in [0.25, 0.3) is 0 Å². The zero-order valence-electron chi connectivity index (χ0n) is 36.1. The fourth-order valence-electron chi connectivity index (χ4n) is 5.69. The Bertz CT molecular complexity index is 1060. The number of nitrogens with zero attached hydrogens (tertiary/aromatic N) is 1. The molecule has 0 aliphatic rings. The van der Waals surface area contributed by atoms with Gasteiger partial charge in [-0.05, 0) is 63.9 Å². The second-order valence-corrected chi connectivity index (χ2v) is 17.2. The lowest BCUT2D eigenvalue weighted by Crippen LogP contribution is -2.37. The van der Waals surface area contributed by atoms with E-state index in [9.17, 15) is 14.3 Å². The monoisotopic (exact) mass is 795 g/mol. The molecule has 0 heterocycles. The molecule has 2 atom stereocenters. The number of hydrogen-bond donors (Lipinski definition) is 1. The van der Waals surface area contributed by atoms with Crippen molar-refractivity contribution in [2.24, 2.45) is 0 Å². The van der Waals surface area contributed by atoms with Crippen LogP contribution in [0.5, 0.6) is 0 Å². The quantitative estimate of drug-likeness (QED) is 0.0165. The van der Waals surface area contributed by atoms with Gasteiger partial charge in [-0.15, -0.1) is 0 Å². The maximum atomic E-state index is 12.7. The number of carbonyl (C=O) groups is 1. The van der Waals surface area contributed by atoms with E-state index in [-0.39, 0.29) is 32.2 Å². The van der Waals surface area contributed by atoms with Crippen molar-refractivity contribution in [1.82, 2.24) is 0 Å². The molecular formula is C46H85NO7P+. The molecule has 0 aromatic heterocycles. The summed E-state index contributed by atoms with van der Waals surface area (Å²) in [5.41, 5.74) is 0. The van der Waals surface area contributed by atoms with Crippen molar-refractivity contribution in [2.75, 3.05) is 47.5 Å². The molecule has 0 radical (unpaired) electrons. The maximum absolute atomic E-state index is 12.7. The first-order chi connectivity index (χ1) is 26.6. The lowest BCUT2D eigenvalue weighted by atomic mass is 10.0. The zero-order valence-corrected chi connectivity index (χ0v) is 37.0. The average Bonchev–Trinajstić information content (AvgIpc) is 3.13. The van der Waals surface area contributed by atoms with Crippen molar-refractivity contribution >= 4 is 13.8 Å². The van der Waals surface area contributed by atoms with Gasteiger partial charge in [0.15, 0.2) is 6.10 Å². The van der Waals surface area contributed by atoms with Gasteiger partial charge in [-0.3, -0.25) is 13.8 Å². The number of allylic oxidation sites excluding steroid dienone is 9. The first-order valence-corrected chi connectivity index (χ1v) is 23.6. The average molecular weight is 795 g/mol. The van der Waals surface area contributed by atoms with E-state index in [1.165, 1.54) is 89.9 Å². The SMILES string of the molecule is CCC/C=C/C/C=C/C/C=C/C/C=C/CCCCCC(=O)O[C@H](CO/C=C/CCCCCCCCCCCCCCCC)COP(=O)(O)OCC[N+](C)(C)C. The van der Waals surface area contributed by atoms with E-state index < -0.39 is 13.9 Å². The van der Waals surface area contributed by atoms with Crippen molar-refractivity contribution in [2.45, 2.75) is 180 Å². The summed E-state index contributed by atoms with van der Waals surface area (Å²) in [5, 5.41) is 0. The van der Waals surface area contributed by atoms with Crippen LogP contribution in [0.4, 0.5) is 0 Å². The van der Waals surface area contributed by atoms with Crippen LogP contribution in [0.2, 0.25) is 0 Å². The molecule has 0 spiro atoms. The van der Waals surface area contributed by atoms with E-state index in [4.69, 9.17) is 18.5 Å². The van der Waals surface area contributed by atoms with Gasteiger partial charge in [-0.25, -0.2) is 4.57 Å². The van der Waals surface area contributed by atoms with Crippen molar-refractivity contribution in [3.05, 3.63) is 60.9 Å². The highest BCUT2D eigenvalue weighted by atomic mass is 31.2. The Hall–Kier alpha value is -1.96. The van der Waals surface area contributed by atoms with Gasteiger partial charge in [0.2, 0.25) is 0 Å². The van der Waals surface area contributed by atoms with E-state index in [2.05, 4.69) is 62.5 Å². The summed E-state index contributed by atoms with van der Waals surface area (Å²) >= 11 is 0. The van der Waals surface area contributed by atoms with Crippen molar-refractivity contribution in [1.29, 1.82) is 0 Å². The number of phosphoric acid groups is 1. The summed E-state index contributed by atoms with van der Waals surface area (Å²) in [6.07, 6.45) is 49.2. The summed E-state index contributed by atoms with van der Waals surface area (Å²) in [7, 11) is 1.61. The van der Waals surface area contributed by atoms with Gasteiger partial charge in [0.25, 0.3) is 0 Å². The number of unbranched alkanes of at least 4 members (excludes halogenated alkanes) is 18. The third kappa shape index (κ3) is 43.0. The molecule has 1 unspecified atom stereocenters. The number of carbonyl (C=O) groups excluding carboxylic acids is 1. The van der Waals surface area contributed by atoms with Gasteiger partial charge in [-0.1, -0.05) is 159 Å². The third-order valence-corrected chi connectivity index (χ3v) is 10.1. The molecular weight excluding hydrogens is 709 g/mol. The molecule has 0 aliphatic heterocycles. The van der Waals surface area contributed by atoms with Crippen LogP contribution in [-0.2, 0) is 27.9 Å². The summed E-state index contributed by atoms with van der Waals surface area (Å²) in [5.74, 6) is -0.367. The first kappa shape index (κ1) is 53.0. The van der Waals surface area contributed by atoms with Gasteiger partial charge in [0, 0.05) is 6.42 Å². The van der Waals surface area contributed by atoms with Crippen LogP contribution in [0.3, 0.4) is 0 Å². The Labute approximate surface area is 339 Å². The molecule has 0 fully saturated rings. The fraction of sp³-hybridized carbons (Fsp3) is 0.761. The minimum absolute atomic E-state index is 0.0335. The third-order valence-electron chi connectivity index (χ3n) is 9.13. The van der Waals surface area contributed by atoms with Crippen LogP contribution >= 0.6 is 7.82 Å². The maximum Gasteiger partial charge on any atom is 0.472 e. The predicted molar refractivity (Wildman–Crippen MR) is 233 cm³/mol. The van der Waals surface area contributed by atoms with Crippen LogP contribution in [-0.4, -0.2) is 69.0 Å². The van der Waals surface area contributed by atoms with Gasteiger partial charge in [-0.2, -0.15) is 0 Å². The molecule has 0 aromatic rings. The molecule has 0 amide bonds. The largest absolute Gasteiger partial charge is 0.498 e. The fourth-order valence-corrected chi connectivity index (χ4v) is 6.43. The van der Waals surface area contributed by atoms with Crippen LogP contribution in [0.15, 0.2) is 60.9 Å². The minimum Gasteiger partial charge on any atom is -0.498 e. The summed E-state index contributed by atoms with van der Waals surface area (Å²) < 4.78 is 34.7. The Morgan fingerprint density at radius 1 is 0.582 bits per heavy atom. The Balaban J connectivity index is 4.36. The summed E-state index contributed by atoms with van der Waals surface area (Å²) in [6.45, 7) is 4.82. The highest BCUT2D eigenvalue weighted by Crippen LogP contribution is 2.43. The van der Waals surface area contributed by atoms with Crippen LogP contribution in [0.1, 0.15) is 174 Å². The number of phosphoric ester groups is 1.